The minimum atomic E-state index is 0.353. The Balaban J connectivity index is 2.69. The van der Waals surface area contributed by atoms with Crippen molar-refractivity contribution in [3.63, 3.8) is 0 Å². The molecule has 0 fully saturated rings. The highest BCUT2D eigenvalue weighted by atomic mass is 79.9. The van der Waals surface area contributed by atoms with Crippen LogP contribution >= 0.6 is 15.9 Å². The van der Waals surface area contributed by atoms with E-state index in [1.54, 1.807) is 10.7 Å². The third-order valence-electron chi connectivity index (χ3n) is 1.80. The van der Waals surface area contributed by atoms with E-state index >= 15 is 0 Å². The first kappa shape index (κ1) is 8.62. The SMILES string of the molecule is CC(C)c1nnn2cc(Br)cnc12. The van der Waals surface area contributed by atoms with Gasteiger partial charge in [-0.2, -0.15) is 0 Å². The van der Waals surface area contributed by atoms with Gasteiger partial charge >= 0.3 is 0 Å². The van der Waals surface area contributed by atoms with Gasteiger partial charge in [-0.25, -0.2) is 9.50 Å². The summed E-state index contributed by atoms with van der Waals surface area (Å²) in [6, 6.07) is 0. The smallest absolute Gasteiger partial charge is 0.179 e. The summed E-state index contributed by atoms with van der Waals surface area (Å²) in [6.07, 6.45) is 3.60. The van der Waals surface area contributed by atoms with Crippen LogP contribution in [-0.2, 0) is 0 Å². The topological polar surface area (TPSA) is 43.1 Å². The summed E-state index contributed by atoms with van der Waals surface area (Å²) >= 11 is 3.33. The van der Waals surface area contributed by atoms with E-state index in [1.807, 2.05) is 6.20 Å². The maximum Gasteiger partial charge on any atom is 0.179 e. The van der Waals surface area contributed by atoms with Gasteiger partial charge in [-0.1, -0.05) is 19.1 Å². The van der Waals surface area contributed by atoms with Gasteiger partial charge in [0.25, 0.3) is 0 Å². The standard InChI is InChI=1S/C8H9BrN4/c1-5(2)7-8-10-3-6(9)4-13(8)12-11-7/h3-5H,1-2H3. The molecule has 2 rings (SSSR count). The summed E-state index contributed by atoms with van der Waals surface area (Å²) < 4.78 is 2.58. The fourth-order valence-corrected chi connectivity index (χ4v) is 1.46. The van der Waals surface area contributed by atoms with Crippen LogP contribution in [0.3, 0.4) is 0 Å². The van der Waals surface area contributed by atoms with Gasteiger partial charge in [0.1, 0.15) is 5.69 Å². The van der Waals surface area contributed by atoms with E-state index in [9.17, 15) is 0 Å². The minimum Gasteiger partial charge on any atom is -0.234 e. The third kappa shape index (κ3) is 1.44. The van der Waals surface area contributed by atoms with Crippen LogP contribution in [0.2, 0.25) is 0 Å². The predicted molar refractivity (Wildman–Crippen MR) is 52.6 cm³/mol. The molecule has 4 nitrogen and oxygen atoms in total. The number of nitrogens with zero attached hydrogens (tertiary/aromatic N) is 4. The second kappa shape index (κ2) is 3.06. The van der Waals surface area contributed by atoms with Crippen LogP contribution in [0.25, 0.3) is 5.65 Å². The van der Waals surface area contributed by atoms with Crippen molar-refractivity contribution in [3.05, 3.63) is 22.6 Å². The van der Waals surface area contributed by atoms with Crippen LogP contribution in [0, 0.1) is 0 Å². The van der Waals surface area contributed by atoms with Gasteiger partial charge in [0.2, 0.25) is 0 Å². The number of halogens is 1. The lowest BCUT2D eigenvalue weighted by Gasteiger charge is -1.98. The highest BCUT2D eigenvalue weighted by Gasteiger charge is 2.10. The number of fused-ring (bicyclic) bond motifs is 1. The third-order valence-corrected chi connectivity index (χ3v) is 2.21. The highest BCUT2D eigenvalue weighted by Crippen LogP contribution is 2.16. The zero-order chi connectivity index (χ0) is 9.42. The Hall–Kier alpha value is -0.970. The monoisotopic (exact) mass is 240 g/mol. The van der Waals surface area contributed by atoms with Gasteiger partial charge in [0, 0.05) is 18.3 Å². The van der Waals surface area contributed by atoms with Crippen LogP contribution in [0.1, 0.15) is 25.5 Å². The molecular weight excluding hydrogens is 232 g/mol. The fraction of sp³-hybridized carbons (Fsp3) is 0.375. The lowest BCUT2D eigenvalue weighted by Crippen LogP contribution is -1.92. The maximum atomic E-state index is 4.25. The Morgan fingerprint density at radius 1 is 1.46 bits per heavy atom. The van der Waals surface area contributed by atoms with E-state index in [1.165, 1.54) is 0 Å². The quantitative estimate of drug-likeness (QED) is 0.766. The van der Waals surface area contributed by atoms with Gasteiger partial charge in [0.15, 0.2) is 5.65 Å². The van der Waals surface area contributed by atoms with E-state index in [0.29, 0.717) is 5.92 Å². The Bertz CT molecular complexity index is 435. The minimum absolute atomic E-state index is 0.353. The normalized spacial score (nSPS) is 11.4. The molecule has 0 N–H and O–H groups in total. The maximum absolute atomic E-state index is 4.25. The molecule has 0 aliphatic carbocycles. The van der Waals surface area contributed by atoms with Crippen LogP contribution in [0.4, 0.5) is 0 Å². The molecule has 0 bridgehead atoms. The molecule has 0 radical (unpaired) electrons. The molecule has 0 aliphatic rings. The Kier molecular flexibility index (Phi) is 2.03. The van der Waals surface area contributed by atoms with Crippen LogP contribution in [0.5, 0.6) is 0 Å². The fourth-order valence-electron chi connectivity index (χ4n) is 1.16. The Labute approximate surface area is 84.1 Å². The molecule has 13 heavy (non-hydrogen) atoms. The summed E-state index contributed by atoms with van der Waals surface area (Å²) in [4.78, 5) is 4.25. The molecule has 0 aromatic carbocycles. The van der Waals surface area contributed by atoms with E-state index in [0.717, 1.165) is 15.8 Å². The van der Waals surface area contributed by atoms with Gasteiger partial charge in [-0.3, -0.25) is 0 Å². The van der Waals surface area contributed by atoms with Crippen LogP contribution in [-0.4, -0.2) is 19.8 Å². The lowest BCUT2D eigenvalue weighted by atomic mass is 10.1. The summed E-state index contributed by atoms with van der Waals surface area (Å²) in [5.41, 5.74) is 1.77. The first-order valence-electron chi connectivity index (χ1n) is 4.05. The first-order valence-corrected chi connectivity index (χ1v) is 4.84. The number of hydrogen-bond donors (Lipinski definition) is 0. The molecule has 0 amide bonds. The van der Waals surface area contributed by atoms with Crippen molar-refractivity contribution < 1.29 is 0 Å². The molecule has 0 spiro atoms. The predicted octanol–water partition coefficient (Wildman–Crippen LogP) is 2.01. The molecule has 68 valence electrons. The molecule has 0 unspecified atom stereocenters. The molecule has 0 saturated carbocycles. The van der Waals surface area contributed by atoms with Crippen molar-refractivity contribution in [3.8, 4) is 0 Å². The average molecular weight is 241 g/mol. The van der Waals surface area contributed by atoms with E-state index in [-0.39, 0.29) is 0 Å². The van der Waals surface area contributed by atoms with Crippen LogP contribution < -0.4 is 0 Å². The zero-order valence-corrected chi connectivity index (χ0v) is 8.98. The van der Waals surface area contributed by atoms with Crippen molar-refractivity contribution in [2.24, 2.45) is 0 Å². The second-order valence-electron chi connectivity index (χ2n) is 3.17. The van der Waals surface area contributed by atoms with Crippen molar-refractivity contribution in [1.29, 1.82) is 0 Å². The van der Waals surface area contributed by atoms with Crippen molar-refractivity contribution in [2.75, 3.05) is 0 Å². The van der Waals surface area contributed by atoms with Gasteiger partial charge in [0.05, 0.1) is 4.47 Å². The number of hydrogen-bond acceptors (Lipinski definition) is 3. The van der Waals surface area contributed by atoms with E-state index < -0.39 is 0 Å². The lowest BCUT2D eigenvalue weighted by molar-refractivity contribution is 0.790. The number of aromatic nitrogens is 4. The average Bonchev–Trinajstić information content (AvgIpc) is 2.46. The first-order chi connectivity index (χ1) is 6.18. The highest BCUT2D eigenvalue weighted by molar-refractivity contribution is 9.10. The molecule has 0 aliphatic heterocycles. The zero-order valence-electron chi connectivity index (χ0n) is 7.40. The summed E-state index contributed by atoms with van der Waals surface area (Å²) in [7, 11) is 0. The molecule has 5 heteroatoms. The Morgan fingerprint density at radius 3 is 2.92 bits per heavy atom. The Morgan fingerprint density at radius 2 is 2.23 bits per heavy atom. The van der Waals surface area contributed by atoms with Crippen LogP contribution in [0.15, 0.2) is 16.9 Å². The van der Waals surface area contributed by atoms with Gasteiger partial charge in [-0.15, -0.1) is 5.10 Å². The molecule has 2 aromatic heterocycles. The van der Waals surface area contributed by atoms with E-state index in [2.05, 4.69) is 45.1 Å². The number of rotatable bonds is 1. The van der Waals surface area contributed by atoms with Crippen molar-refractivity contribution >= 4 is 21.6 Å². The van der Waals surface area contributed by atoms with Gasteiger partial charge < -0.3 is 0 Å². The molecule has 2 aromatic rings. The van der Waals surface area contributed by atoms with Crippen molar-refractivity contribution in [2.45, 2.75) is 19.8 Å². The molecule has 0 saturated heterocycles. The molecular formula is C8H9BrN4. The second-order valence-corrected chi connectivity index (χ2v) is 4.09. The van der Waals surface area contributed by atoms with Gasteiger partial charge in [-0.05, 0) is 15.9 Å². The molecule has 2 heterocycles. The van der Waals surface area contributed by atoms with Crippen molar-refractivity contribution in [1.82, 2.24) is 19.8 Å². The largest absolute Gasteiger partial charge is 0.234 e. The summed E-state index contributed by atoms with van der Waals surface area (Å²) in [5.74, 6) is 0.353. The molecule has 0 atom stereocenters. The summed E-state index contributed by atoms with van der Waals surface area (Å²) in [6.45, 7) is 4.15. The van der Waals surface area contributed by atoms with E-state index in [4.69, 9.17) is 0 Å². The summed E-state index contributed by atoms with van der Waals surface area (Å²) in [5, 5.41) is 8.04.